The average molecular weight is 1420 g/mol. The maximum absolute atomic E-state index is 14.7. The van der Waals surface area contributed by atoms with E-state index >= 15 is 0 Å². The highest BCUT2D eigenvalue weighted by Crippen LogP contribution is 2.34. The summed E-state index contributed by atoms with van der Waals surface area (Å²) in [5, 5.41) is 3.43. The fraction of sp³-hybridized carbons (Fsp3) is 0.219. The first-order chi connectivity index (χ1) is 50.3. The molecule has 0 bridgehead atoms. The van der Waals surface area contributed by atoms with Crippen LogP contribution >= 0.6 is 0 Å². The largest absolute Gasteiger partial charge is 0.216 e. The highest BCUT2D eigenvalue weighted by Gasteiger charge is 2.26. The van der Waals surface area contributed by atoms with Gasteiger partial charge in [-0.2, -0.15) is 22.8 Å². The first-order valence-corrected chi connectivity index (χ1v) is 36.1. The Balaban J connectivity index is 0.000000132. The minimum absolute atomic E-state index is 0.153. The minimum Gasteiger partial charge on any atom is -0.206 e. The Morgan fingerprint density at radius 1 is 0.198 bits per heavy atom. The summed E-state index contributed by atoms with van der Waals surface area (Å²) in [5.41, 5.74) is 32.8. The summed E-state index contributed by atoms with van der Waals surface area (Å²) in [6, 6.07) is 67.0. The second-order valence-electron chi connectivity index (χ2n) is 29.1. The number of rotatable bonds is 5. The molecule has 5 heterocycles. The predicted molar refractivity (Wildman–Crippen MR) is 428 cm³/mol. The van der Waals surface area contributed by atoms with Crippen LogP contribution in [0.5, 0.6) is 0 Å². The summed E-state index contributed by atoms with van der Waals surface area (Å²) in [6.45, 7) is 32.7. The van der Waals surface area contributed by atoms with Crippen molar-refractivity contribution in [1.29, 1.82) is 0 Å². The molecule has 5 aromatic heterocycles. The monoisotopic (exact) mass is 1410 g/mol. The molecule has 106 heavy (non-hydrogen) atoms. The fourth-order valence-electron chi connectivity index (χ4n) is 14.8. The van der Waals surface area contributed by atoms with Crippen molar-refractivity contribution in [2.45, 2.75) is 111 Å². The maximum Gasteiger partial charge on any atom is 0.216 e. The van der Waals surface area contributed by atoms with Gasteiger partial charge in [0.2, 0.25) is 56.1 Å². The zero-order valence-electron chi connectivity index (χ0n) is 65.3. The summed E-state index contributed by atoms with van der Waals surface area (Å²) < 4.78 is 83.2. The molecule has 0 N–H and O–H groups in total. The zero-order chi connectivity index (χ0) is 76.6. The van der Waals surface area contributed by atoms with Gasteiger partial charge >= 0.3 is 0 Å². The third kappa shape index (κ3) is 15.5. The summed E-state index contributed by atoms with van der Waals surface area (Å²) in [4.78, 5) is 0. The van der Waals surface area contributed by atoms with Crippen LogP contribution in [-0.4, -0.2) is 0 Å². The highest BCUT2D eigenvalue weighted by molar-refractivity contribution is 5.85. The van der Waals surface area contributed by atoms with Crippen LogP contribution in [0.4, 0.5) is 22.0 Å². The van der Waals surface area contributed by atoms with E-state index in [4.69, 9.17) is 0 Å². The molecular weight excluding hydrogens is 1320 g/mol. The van der Waals surface area contributed by atoms with Crippen LogP contribution in [0.1, 0.15) is 89.0 Å². The smallest absolute Gasteiger partial charge is 0.206 e. The summed E-state index contributed by atoms with van der Waals surface area (Å²) >= 11 is 0. The van der Waals surface area contributed by atoms with Crippen molar-refractivity contribution in [3.8, 4) is 56.3 Å². The van der Waals surface area contributed by atoms with Gasteiger partial charge in [0, 0.05) is 88.5 Å². The third-order valence-corrected chi connectivity index (χ3v) is 21.1. The Hall–Kier alpha value is -11.1. The molecule has 0 unspecified atom stereocenters. The second-order valence-corrected chi connectivity index (χ2v) is 29.1. The molecule has 0 aliphatic carbocycles. The standard InChI is InChI=1S/2C20H21FN.2C19H19FN.C18H17FN/c1-12-6-7-19-17(9-12)18(21)11-20(22(19)5)16-10-13(2)8-14(3)15(16)4;1-12-9-14(3)15(4)16(10-12)19-11-17(21)20-13(2)7-6-8-18(20)22(19)5;1-12-5-7-14(3)15(9-12)19-11-17(20)16-10-13(2)6-8-18(16)21(19)4;1-12-8-9-13(2)15(10-12)18-11-16(20)19-14(3)6-5-7-17(19)21(18)4;1-12-8-9-17-15(10-12)16(19)11-18(20(17)3)14-7-5-4-6-13(14)2/h2*6-11H,1-5H3;2*5-11H,1-4H3;4-11H,1-3H3/q5*+1. The van der Waals surface area contributed by atoms with Gasteiger partial charge < -0.3 is 0 Å². The number of hydrogen-bond donors (Lipinski definition) is 0. The van der Waals surface area contributed by atoms with E-state index in [0.717, 1.165) is 128 Å². The Morgan fingerprint density at radius 2 is 0.472 bits per heavy atom. The molecule has 0 aliphatic heterocycles. The number of fused-ring (bicyclic) bond motifs is 5. The Bertz CT molecular complexity index is 5990. The number of aromatic nitrogens is 5. The molecule has 0 fully saturated rings. The van der Waals surface area contributed by atoms with Gasteiger partial charge in [0.05, 0.1) is 26.9 Å². The first kappa shape index (κ1) is 76.0. The predicted octanol–water partition coefficient (Wildman–Crippen LogP) is 22.3. The molecule has 0 saturated heterocycles. The summed E-state index contributed by atoms with van der Waals surface area (Å²) in [5.74, 6) is -0.801. The molecule has 536 valence electrons. The number of benzene rings is 10. The van der Waals surface area contributed by atoms with Crippen molar-refractivity contribution >= 4 is 54.5 Å². The van der Waals surface area contributed by atoms with E-state index in [1.807, 2.05) is 192 Å². The van der Waals surface area contributed by atoms with Crippen LogP contribution in [-0.2, 0) is 35.2 Å². The average Bonchev–Trinajstić information content (AvgIpc) is 0.769. The van der Waals surface area contributed by atoms with E-state index in [1.54, 1.807) is 30.3 Å². The summed E-state index contributed by atoms with van der Waals surface area (Å²) in [6.07, 6.45) is 0. The fourth-order valence-corrected chi connectivity index (χ4v) is 14.8. The van der Waals surface area contributed by atoms with Crippen LogP contribution in [0.2, 0.25) is 0 Å². The Kier molecular flexibility index (Phi) is 22.5. The first-order valence-electron chi connectivity index (χ1n) is 36.1. The normalized spacial score (nSPS) is 11.1. The van der Waals surface area contributed by atoms with Gasteiger partial charge in [0.15, 0.2) is 0 Å². The molecule has 0 spiro atoms. The van der Waals surface area contributed by atoms with Gasteiger partial charge in [-0.1, -0.05) is 119 Å². The molecule has 10 heteroatoms. The SMILES string of the molecule is Cc1cc(C)c(C)c(-c2cc(F)c3c(C)cccc3[n+]2C)c1.Cc1cc(C)c(C)c(-c2cc(F)c3cc(C)ccc3[n+]2C)c1.Cc1ccc(C)c(-c2cc(F)c3c(C)cccc3[n+]2C)c1.Cc1ccc(C)c(-c2cc(F)c3cc(C)ccc3[n+]2C)c1.Cc1ccc2c(c1)c(F)cc(-c1ccccc1C)[n+]2C. The minimum atomic E-state index is -0.167. The van der Waals surface area contributed by atoms with E-state index in [0.29, 0.717) is 26.9 Å². The van der Waals surface area contributed by atoms with E-state index in [-0.39, 0.29) is 29.1 Å². The molecule has 0 radical (unpaired) electrons. The molecule has 0 aliphatic rings. The van der Waals surface area contributed by atoms with Crippen molar-refractivity contribution in [3.63, 3.8) is 0 Å². The molecule has 0 amide bonds. The number of pyridine rings is 5. The van der Waals surface area contributed by atoms with Crippen molar-refractivity contribution in [2.75, 3.05) is 0 Å². The third-order valence-electron chi connectivity index (χ3n) is 21.1. The van der Waals surface area contributed by atoms with E-state index in [2.05, 4.69) is 153 Å². The second kappa shape index (κ2) is 31.3. The lowest BCUT2D eigenvalue weighted by Gasteiger charge is -2.11. The quantitative estimate of drug-likeness (QED) is 0.121. The van der Waals surface area contributed by atoms with Crippen LogP contribution in [0, 0.1) is 140 Å². The summed E-state index contributed by atoms with van der Waals surface area (Å²) in [7, 11) is 9.99. The number of halogens is 5. The molecule has 15 rings (SSSR count). The van der Waals surface area contributed by atoms with Crippen molar-refractivity contribution < 1.29 is 44.8 Å². The lowest BCUT2D eigenvalue weighted by molar-refractivity contribution is -0.633. The molecular formula is C96H97F5N5+5. The van der Waals surface area contributed by atoms with Crippen LogP contribution < -0.4 is 22.8 Å². The Labute approximate surface area is 622 Å². The zero-order valence-corrected chi connectivity index (χ0v) is 65.3. The van der Waals surface area contributed by atoms with E-state index in [9.17, 15) is 22.0 Å². The van der Waals surface area contributed by atoms with Crippen LogP contribution in [0.25, 0.3) is 111 Å². The number of nitrogens with zero attached hydrogens (tertiary/aromatic N) is 5. The van der Waals surface area contributed by atoms with Crippen molar-refractivity contribution in [3.05, 3.63) is 324 Å². The van der Waals surface area contributed by atoms with Crippen molar-refractivity contribution in [2.24, 2.45) is 35.2 Å². The van der Waals surface area contributed by atoms with Crippen LogP contribution in [0.3, 0.4) is 0 Å². The maximum atomic E-state index is 14.7. The van der Waals surface area contributed by atoms with Gasteiger partial charge in [-0.05, 0) is 226 Å². The molecule has 10 aromatic carbocycles. The molecule has 0 atom stereocenters. The van der Waals surface area contributed by atoms with Gasteiger partial charge in [0.1, 0.15) is 64.3 Å². The lowest BCUT2D eigenvalue weighted by atomic mass is 9.96. The highest BCUT2D eigenvalue weighted by atomic mass is 19.1. The van der Waals surface area contributed by atoms with Gasteiger partial charge in [-0.25, -0.2) is 22.0 Å². The number of hydrogen-bond acceptors (Lipinski definition) is 0. The van der Waals surface area contributed by atoms with E-state index in [1.165, 1.54) is 44.5 Å². The van der Waals surface area contributed by atoms with Gasteiger partial charge in [0.25, 0.3) is 0 Å². The number of aryl methyl sites for hydroxylation is 19. The topological polar surface area (TPSA) is 19.4 Å². The van der Waals surface area contributed by atoms with Crippen LogP contribution in [0.15, 0.2) is 206 Å². The molecule has 0 saturated carbocycles. The lowest BCUT2D eigenvalue weighted by Crippen LogP contribution is -2.33. The van der Waals surface area contributed by atoms with Gasteiger partial charge in [-0.3, -0.25) is 0 Å². The molecule has 5 nitrogen and oxygen atoms in total. The van der Waals surface area contributed by atoms with Crippen molar-refractivity contribution in [1.82, 2.24) is 0 Å². The molecule has 15 aromatic rings. The van der Waals surface area contributed by atoms with E-state index < -0.39 is 0 Å². The van der Waals surface area contributed by atoms with Gasteiger partial charge in [-0.15, -0.1) is 0 Å². The Morgan fingerprint density at radius 3 is 0.830 bits per heavy atom.